The van der Waals surface area contributed by atoms with Crippen LogP contribution < -0.4 is 0 Å². The van der Waals surface area contributed by atoms with Crippen molar-refractivity contribution in [1.29, 1.82) is 0 Å². The van der Waals surface area contributed by atoms with Gasteiger partial charge in [-0.05, 0) is 37.5 Å². The van der Waals surface area contributed by atoms with Crippen molar-refractivity contribution in [2.24, 2.45) is 4.99 Å². The zero-order chi connectivity index (χ0) is 20.8. The van der Waals surface area contributed by atoms with E-state index < -0.39 is 21.5 Å². The second-order valence-corrected chi connectivity index (χ2v) is 7.51. The van der Waals surface area contributed by atoms with Crippen molar-refractivity contribution in [2.45, 2.75) is 37.6 Å². The summed E-state index contributed by atoms with van der Waals surface area (Å²) in [5.41, 5.74) is -3.89. The molecule has 2 rings (SSSR count). The van der Waals surface area contributed by atoms with E-state index in [1.54, 1.807) is 6.07 Å². The molecule has 1 aliphatic heterocycles. The summed E-state index contributed by atoms with van der Waals surface area (Å²) >= 11 is 0. The van der Waals surface area contributed by atoms with Gasteiger partial charge in [-0.2, -0.15) is 21.6 Å². The molecule has 0 saturated heterocycles. The zero-order valence-electron chi connectivity index (χ0n) is 15.1. The molecule has 156 valence electrons. The number of H-pyrrole nitrogens is 1. The average Bonchev–Trinajstić information content (AvgIpc) is 3.20. The van der Waals surface area contributed by atoms with E-state index >= 15 is 0 Å². The van der Waals surface area contributed by atoms with E-state index in [9.17, 15) is 26.0 Å². The highest BCUT2D eigenvalue weighted by molar-refractivity contribution is 7.88. The van der Waals surface area contributed by atoms with Gasteiger partial charge in [-0.3, -0.25) is 4.39 Å². The summed E-state index contributed by atoms with van der Waals surface area (Å²) in [4.78, 5) is 6.86. The molecular formula is C17H20F4N2O4S. The summed E-state index contributed by atoms with van der Waals surface area (Å²) in [5.74, 6) is -0.671. The lowest BCUT2D eigenvalue weighted by Gasteiger charge is -2.07. The van der Waals surface area contributed by atoms with Gasteiger partial charge in [-0.25, -0.2) is 4.99 Å². The lowest BCUT2D eigenvalue weighted by atomic mass is 10.1. The molecule has 0 atom stereocenters. The molecule has 0 amide bonds. The summed E-state index contributed by atoms with van der Waals surface area (Å²) in [7, 11) is -4.54. The monoisotopic (exact) mass is 424 g/mol. The number of halogens is 4. The Bertz CT molecular complexity index is 870. The standard InChI is InChI=1S/C17H20F4N2O4S/c1-26-15-11-16(27-28(24,25)17(19,20)21)23-14(15)10-13-8-7-12(22-13)6-4-2-3-5-9-18/h7-8,10-11,22H,2-6,9H2,1H3/b14-10-. The van der Waals surface area contributed by atoms with Crippen LogP contribution in [0.3, 0.4) is 0 Å². The number of hydrogen-bond acceptors (Lipinski definition) is 5. The summed E-state index contributed by atoms with van der Waals surface area (Å²) in [6.45, 7) is -0.313. The van der Waals surface area contributed by atoms with Crippen molar-refractivity contribution in [3.8, 4) is 0 Å². The third kappa shape index (κ3) is 5.85. The number of unbranched alkanes of at least 4 members (excludes halogenated alkanes) is 3. The van der Waals surface area contributed by atoms with Gasteiger partial charge in [0.2, 0.25) is 5.90 Å². The van der Waals surface area contributed by atoms with Crippen molar-refractivity contribution in [1.82, 2.24) is 4.98 Å². The van der Waals surface area contributed by atoms with Crippen LogP contribution in [-0.2, 0) is 25.5 Å². The third-order valence-corrected chi connectivity index (χ3v) is 4.78. The van der Waals surface area contributed by atoms with E-state index in [0.29, 0.717) is 12.1 Å². The third-order valence-electron chi connectivity index (χ3n) is 3.83. The lowest BCUT2D eigenvalue weighted by molar-refractivity contribution is -0.0504. The number of nitrogens with one attached hydrogen (secondary N) is 1. The van der Waals surface area contributed by atoms with Crippen molar-refractivity contribution in [3.05, 3.63) is 41.1 Å². The first-order valence-electron chi connectivity index (χ1n) is 8.47. The molecule has 1 aromatic rings. The van der Waals surface area contributed by atoms with Gasteiger partial charge in [0.05, 0.1) is 13.8 Å². The maximum atomic E-state index is 12.4. The number of hydrogen-bond donors (Lipinski definition) is 1. The predicted molar refractivity (Wildman–Crippen MR) is 95.5 cm³/mol. The lowest BCUT2D eigenvalue weighted by Crippen LogP contribution is -2.27. The first-order valence-corrected chi connectivity index (χ1v) is 9.88. The number of aromatic amines is 1. The highest BCUT2D eigenvalue weighted by Gasteiger charge is 2.49. The Morgan fingerprint density at radius 2 is 1.89 bits per heavy atom. The van der Waals surface area contributed by atoms with Gasteiger partial charge in [-0.15, -0.1) is 0 Å². The van der Waals surface area contributed by atoms with Gasteiger partial charge in [-0.1, -0.05) is 12.8 Å². The Hall–Kier alpha value is -2.30. The SMILES string of the molecule is COC1=CC(OS(=O)(=O)C(F)(F)F)=N/C1=C\c1ccc(CCCCCCF)[nH]1. The molecule has 0 fully saturated rings. The summed E-state index contributed by atoms with van der Waals surface area (Å²) < 4.78 is 80.5. The molecule has 0 spiro atoms. The number of aromatic nitrogens is 1. The maximum Gasteiger partial charge on any atom is 0.534 e. The van der Waals surface area contributed by atoms with E-state index in [4.69, 9.17) is 4.74 Å². The highest BCUT2D eigenvalue weighted by atomic mass is 32.2. The number of methoxy groups -OCH3 is 1. The van der Waals surface area contributed by atoms with Crippen LogP contribution >= 0.6 is 0 Å². The second-order valence-electron chi connectivity index (χ2n) is 5.97. The van der Waals surface area contributed by atoms with E-state index in [2.05, 4.69) is 14.2 Å². The highest BCUT2D eigenvalue weighted by Crippen LogP contribution is 2.28. The summed E-state index contributed by atoms with van der Waals surface area (Å²) in [6.07, 6.45) is 6.42. The number of ether oxygens (including phenoxy) is 1. The van der Waals surface area contributed by atoms with Gasteiger partial charge in [0.15, 0.2) is 0 Å². The second kappa shape index (κ2) is 9.26. The number of nitrogens with zero attached hydrogens (tertiary/aromatic N) is 1. The van der Waals surface area contributed by atoms with Crippen LogP contribution in [0, 0.1) is 0 Å². The van der Waals surface area contributed by atoms with Gasteiger partial charge in [0.1, 0.15) is 11.5 Å². The maximum absolute atomic E-state index is 12.4. The van der Waals surface area contributed by atoms with Crippen LogP contribution in [0.2, 0.25) is 0 Å². The molecule has 1 N–H and O–H groups in total. The van der Waals surface area contributed by atoms with Crippen LogP contribution in [0.4, 0.5) is 17.6 Å². The van der Waals surface area contributed by atoms with Gasteiger partial charge < -0.3 is 13.9 Å². The summed E-state index contributed by atoms with van der Waals surface area (Å²) in [5, 5.41) is 0. The Morgan fingerprint density at radius 3 is 2.54 bits per heavy atom. The molecule has 0 aromatic carbocycles. The van der Waals surface area contributed by atoms with Crippen molar-refractivity contribution in [3.63, 3.8) is 0 Å². The van der Waals surface area contributed by atoms with E-state index in [1.807, 2.05) is 6.07 Å². The number of aliphatic imine (C=N–C) groups is 1. The van der Waals surface area contributed by atoms with Crippen LogP contribution in [0.1, 0.15) is 37.1 Å². The normalized spacial score (nSPS) is 16.2. The van der Waals surface area contributed by atoms with Crippen LogP contribution in [0.5, 0.6) is 0 Å². The Kier molecular flexibility index (Phi) is 7.28. The van der Waals surface area contributed by atoms with Crippen LogP contribution in [0.15, 0.2) is 34.7 Å². The van der Waals surface area contributed by atoms with Crippen LogP contribution in [0.25, 0.3) is 6.08 Å². The minimum atomic E-state index is -5.81. The minimum absolute atomic E-state index is 0.0646. The van der Waals surface area contributed by atoms with E-state index in [-0.39, 0.29) is 18.1 Å². The molecule has 0 saturated carbocycles. The quantitative estimate of drug-likeness (QED) is 0.278. The summed E-state index contributed by atoms with van der Waals surface area (Å²) in [6, 6.07) is 3.60. The molecule has 1 aliphatic rings. The number of rotatable bonds is 9. The molecular weight excluding hydrogens is 404 g/mol. The fourth-order valence-electron chi connectivity index (χ4n) is 2.46. The predicted octanol–water partition coefficient (Wildman–Crippen LogP) is 4.24. The largest absolute Gasteiger partial charge is 0.534 e. The molecule has 0 unspecified atom stereocenters. The van der Waals surface area contributed by atoms with Gasteiger partial charge >= 0.3 is 15.6 Å². The fraction of sp³-hybridized carbons (Fsp3) is 0.471. The molecule has 0 bridgehead atoms. The van der Waals surface area contributed by atoms with Crippen molar-refractivity contribution in [2.75, 3.05) is 13.8 Å². The first-order chi connectivity index (χ1) is 13.2. The van der Waals surface area contributed by atoms with Crippen molar-refractivity contribution >= 4 is 22.1 Å². The molecule has 11 heteroatoms. The van der Waals surface area contributed by atoms with Gasteiger partial charge in [0, 0.05) is 17.5 Å². The zero-order valence-corrected chi connectivity index (χ0v) is 15.9. The smallest absolute Gasteiger partial charge is 0.494 e. The fourth-order valence-corrected chi connectivity index (χ4v) is 2.87. The molecule has 0 aliphatic carbocycles. The molecule has 6 nitrogen and oxygen atoms in total. The van der Waals surface area contributed by atoms with E-state index in [1.165, 1.54) is 13.2 Å². The average molecular weight is 424 g/mol. The Labute approximate surface area is 160 Å². The van der Waals surface area contributed by atoms with Crippen LogP contribution in [-0.4, -0.2) is 38.6 Å². The molecule has 1 aromatic heterocycles. The number of alkyl halides is 4. The molecule has 28 heavy (non-hydrogen) atoms. The van der Waals surface area contributed by atoms with E-state index in [0.717, 1.165) is 37.5 Å². The Balaban J connectivity index is 2.07. The minimum Gasteiger partial charge on any atom is -0.494 e. The first kappa shape index (κ1) is 22.0. The van der Waals surface area contributed by atoms with Crippen molar-refractivity contribution < 1.29 is 34.9 Å². The topological polar surface area (TPSA) is 80.8 Å². The molecule has 0 radical (unpaired) electrons. The number of aryl methyl sites for hydroxylation is 1. The Morgan fingerprint density at radius 1 is 1.18 bits per heavy atom. The molecule has 2 heterocycles. The van der Waals surface area contributed by atoms with Gasteiger partial charge in [0.25, 0.3) is 0 Å².